The number of carboxylic acid groups (broad SMARTS) is 1. The summed E-state index contributed by atoms with van der Waals surface area (Å²) in [6.07, 6.45) is 0.199. The van der Waals surface area contributed by atoms with Crippen LogP contribution in [0.4, 0.5) is 5.69 Å². The Morgan fingerprint density at radius 2 is 1.91 bits per heavy atom. The lowest BCUT2D eigenvalue weighted by Crippen LogP contribution is -2.22. The number of hydrogen-bond acceptors (Lipinski definition) is 6. The van der Waals surface area contributed by atoms with E-state index in [4.69, 9.17) is 14.2 Å². The van der Waals surface area contributed by atoms with Crippen molar-refractivity contribution in [2.24, 2.45) is 0 Å². The Kier molecular flexibility index (Phi) is 6.79. The van der Waals surface area contributed by atoms with Gasteiger partial charge in [-0.15, -0.1) is 11.3 Å². The van der Waals surface area contributed by atoms with Gasteiger partial charge in [-0.1, -0.05) is 18.2 Å². The second-order valence-electron chi connectivity index (χ2n) is 8.19. The minimum absolute atomic E-state index is 0.0143. The minimum atomic E-state index is -1.03. The van der Waals surface area contributed by atoms with Crippen LogP contribution in [0.15, 0.2) is 42.5 Å². The Labute approximate surface area is 202 Å². The van der Waals surface area contributed by atoms with Crippen LogP contribution in [-0.4, -0.2) is 36.8 Å². The van der Waals surface area contributed by atoms with Gasteiger partial charge in [0.25, 0.3) is 0 Å². The van der Waals surface area contributed by atoms with Crippen LogP contribution in [0.1, 0.15) is 53.2 Å². The highest BCUT2D eigenvalue weighted by atomic mass is 32.1. The second kappa shape index (κ2) is 9.77. The van der Waals surface area contributed by atoms with Crippen LogP contribution in [0.25, 0.3) is 11.1 Å². The average molecular weight is 482 g/mol. The predicted molar refractivity (Wildman–Crippen MR) is 132 cm³/mol. The van der Waals surface area contributed by atoms with Gasteiger partial charge in [0.05, 0.1) is 25.5 Å². The summed E-state index contributed by atoms with van der Waals surface area (Å²) in [6, 6.07) is 12.8. The number of benzene rings is 2. The summed E-state index contributed by atoms with van der Waals surface area (Å²) in [5, 5.41) is 12.9. The van der Waals surface area contributed by atoms with E-state index in [0.29, 0.717) is 40.7 Å². The molecule has 7 nitrogen and oxygen atoms in total. The van der Waals surface area contributed by atoms with Crippen molar-refractivity contribution in [2.75, 3.05) is 19.0 Å². The largest absolute Gasteiger partial charge is 0.497 e. The van der Waals surface area contributed by atoms with Crippen LogP contribution < -0.4 is 19.5 Å². The number of hydrogen-bond donors (Lipinski definition) is 2. The van der Waals surface area contributed by atoms with E-state index in [2.05, 4.69) is 5.32 Å². The fourth-order valence-electron chi connectivity index (χ4n) is 4.10. The van der Waals surface area contributed by atoms with Gasteiger partial charge in [-0.3, -0.25) is 4.79 Å². The minimum Gasteiger partial charge on any atom is -0.497 e. The van der Waals surface area contributed by atoms with Crippen molar-refractivity contribution in [2.45, 2.75) is 39.2 Å². The van der Waals surface area contributed by atoms with E-state index in [9.17, 15) is 14.7 Å². The van der Waals surface area contributed by atoms with Gasteiger partial charge in [0, 0.05) is 22.8 Å². The highest BCUT2D eigenvalue weighted by Gasteiger charge is 2.35. The molecule has 0 spiro atoms. The van der Waals surface area contributed by atoms with Gasteiger partial charge in [-0.2, -0.15) is 0 Å². The number of thiophene rings is 1. The first-order chi connectivity index (χ1) is 16.3. The van der Waals surface area contributed by atoms with Gasteiger partial charge in [-0.05, 0) is 56.2 Å². The van der Waals surface area contributed by atoms with Crippen molar-refractivity contribution in [3.05, 3.63) is 57.8 Å². The third-order valence-corrected chi connectivity index (χ3v) is 6.80. The van der Waals surface area contributed by atoms with Crippen molar-refractivity contribution in [1.29, 1.82) is 0 Å². The first-order valence-corrected chi connectivity index (χ1v) is 11.9. The highest BCUT2D eigenvalue weighted by molar-refractivity contribution is 7.15. The summed E-state index contributed by atoms with van der Waals surface area (Å²) < 4.78 is 16.9. The first-order valence-electron chi connectivity index (χ1n) is 11.1. The molecular formula is C26H27NO6S. The van der Waals surface area contributed by atoms with Crippen LogP contribution in [0.3, 0.4) is 0 Å². The van der Waals surface area contributed by atoms with Crippen LogP contribution in [0, 0.1) is 0 Å². The maximum atomic E-state index is 12.8. The van der Waals surface area contributed by atoms with E-state index in [1.54, 1.807) is 31.4 Å². The third kappa shape index (κ3) is 4.59. The number of amides is 1. The van der Waals surface area contributed by atoms with E-state index >= 15 is 0 Å². The van der Waals surface area contributed by atoms with Crippen molar-refractivity contribution in [1.82, 2.24) is 0 Å². The van der Waals surface area contributed by atoms with Gasteiger partial charge in [0.2, 0.25) is 5.91 Å². The van der Waals surface area contributed by atoms with Crippen LogP contribution in [0.2, 0.25) is 0 Å². The number of carbonyl (C=O) groups excluding carboxylic acids is 1. The number of rotatable bonds is 8. The van der Waals surface area contributed by atoms with Gasteiger partial charge in [0.1, 0.15) is 10.6 Å². The summed E-state index contributed by atoms with van der Waals surface area (Å²) in [7, 11) is 1.57. The summed E-state index contributed by atoms with van der Waals surface area (Å²) in [4.78, 5) is 25.9. The van der Waals surface area contributed by atoms with Crippen LogP contribution in [-0.2, 0) is 4.79 Å². The molecule has 1 unspecified atom stereocenters. The molecule has 2 aromatic carbocycles. The monoisotopic (exact) mass is 481 g/mol. The molecule has 0 radical (unpaired) electrons. The number of methoxy groups -OCH3 is 1. The van der Waals surface area contributed by atoms with E-state index in [1.807, 2.05) is 39.0 Å². The lowest BCUT2D eigenvalue weighted by atomic mass is 9.88. The molecule has 1 aromatic heterocycles. The molecule has 2 N–H and O–H groups in total. The van der Waals surface area contributed by atoms with E-state index in [0.717, 1.165) is 10.4 Å². The molecule has 34 heavy (non-hydrogen) atoms. The number of nitrogens with one attached hydrogen (secondary N) is 1. The van der Waals surface area contributed by atoms with Gasteiger partial charge in [0.15, 0.2) is 11.5 Å². The fraction of sp³-hybridized carbons (Fsp3) is 0.308. The molecule has 1 aliphatic rings. The lowest BCUT2D eigenvalue weighted by Gasteiger charge is -2.25. The van der Waals surface area contributed by atoms with Gasteiger partial charge >= 0.3 is 5.97 Å². The summed E-state index contributed by atoms with van der Waals surface area (Å²) >= 11 is 1.20. The molecule has 0 saturated carbocycles. The first kappa shape index (κ1) is 23.6. The van der Waals surface area contributed by atoms with Crippen molar-refractivity contribution in [3.8, 4) is 28.4 Å². The Bertz CT molecular complexity index is 1210. The molecule has 8 heteroatoms. The zero-order valence-electron chi connectivity index (χ0n) is 19.5. The zero-order chi connectivity index (χ0) is 24.4. The molecular weight excluding hydrogens is 454 g/mol. The molecule has 0 saturated heterocycles. The predicted octanol–water partition coefficient (Wildman–Crippen LogP) is 5.78. The second-order valence-corrected chi connectivity index (χ2v) is 9.24. The van der Waals surface area contributed by atoms with Gasteiger partial charge in [-0.25, -0.2) is 4.79 Å². The number of aromatic carboxylic acids is 1. The molecule has 0 fully saturated rings. The number of fused-ring (bicyclic) bond motifs is 1. The summed E-state index contributed by atoms with van der Waals surface area (Å²) in [5.41, 5.74) is 2.63. The molecule has 4 rings (SSSR count). The maximum Gasteiger partial charge on any atom is 0.346 e. The molecule has 178 valence electrons. The number of ether oxygens (including phenoxy) is 3. The average Bonchev–Trinajstić information content (AvgIpc) is 3.19. The molecule has 1 amide bonds. The zero-order valence-corrected chi connectivity index (χ0v) is 20.3. The summed E-state index contributed by atoms with van der Waals surface area (Å²) in [6.45, 7) is 6.26. The maximum absolute atomic E-state index is 12.8. The van der Waals surface area contributed by atoms with Crippen molar-refractivity contribution in [3.63, 3.8) is 0 Å². The standard InChI is InChI=1S/C26H27NO6S/c1-5-32-20-12-16(8-11-19(20)33-14(2)3)18-13-21(28)27-23-22(25(26(29)30)34-24(18)23)15-6-9-17(31-4)10-7-15/h6-12,14,18H,5,13H2,1-4H3,(H,27,28)(H,29,30). The normalized spacial score (nSPS) is 15.0. The molecule has 0 aliphatic carbocycles. The molecule has 3 aromatic rings. The summed E-state index contributed by atoms with van der Waals surface area (Å²) in [5.74, 6) is 0.408. The molecule has 2 heterocycles. The fourth-order valence-corrected chi connectivity index (χ4v) is 5.35. The van der Waals surface area contributed by atoms with E-state index in [1.165, 1.54) is 11.3 Å². The smallest absolute Gasteiger partial charge is 0.346 e. The lowest BCUT2D eigenvalue weighted by molar-refractivity contribution is -0.116. The third-order valence-electron chi connectivity index (χ3n) is 5.51. The van der Waals surface area contributed by atoms with E-state index < -0.39 is 5.97 Å². The highest BCUT2D eigenvalue weighted by Crippen LogP contribution is 2.50. The quantitative estimate of drug-likeness (QED) is 0.423. The Morgan fingerprint density at radius 1 is 1.18 bits per heavy atom. The van der Waals surface area contributed by atoms with Crippen LogP contribution >= 0.6 is 11.3 Å². The number of carbonyl (C=O) groups is 2. The van der Waals surface area contributed by atoms with E-state index in [-0.39, 0.29) is 29.2 Å². The SMILES string of the molecule is CCOc1cc(C2CC(=O)Nc3c2sc(C(=O)O)c3-c2ccc(OC)cc2)ccc1OC(C)C. The molecule has 0 bridgehead atoms. The van der Waals surface area contributed by atoms with Gasteiger partial charge < -0.3 is 24.6 Å². The molecule has 1 atom stereocenters. The number of carboxylic acids is 1. The van der Waals surface area contributed by atoms with Crippen molar-refractivity contribution >= 4 is 28.9 Å². The Morgan fingerprint density at radius 3 is 2.53 bits per heavy atom. The number of anilines is 1. The Balaban J connectivity index is 1.84. The van der Waals surface area contributed by atoms with Crippen LogP contribution in [0.5, 0.6) is 17.2 Å². The molecule has 1 aliphatic heterocycles. The topological polar surface area (TPSA) is 94.1 Å². The van der Waals surface area contributed by atoms with Crippen molar-refractivity contribution < 1.29 is 28.9 Å². The Hall–Kier alpha value is -3.52.